The molecule has 7 heteroatoms. The zero-order valence-corrected chi connectivity index (χ0v) is 18.4. The lowest BCUT2D eigenvalue weighted by Gasteiger charge is -2.28. The number of aryl methyl sites for hydroxylation is 1. The molecule has 0 radical (unpaired) electrons. The summed E-state index contributed by atoms with van der Waals surface area (Å²) in [4.78, 5) is 27.4. The van der Waals surface area contributed by atoms with Crippen LogP contribution in [0, 0.1) is 18.3 Å². The molecule has 1 fully saturated rings. The Bertz CT molecular complexity index is 1200. The van der Waals surface area contributed by atoms with Crippen molar-refractivity contribution < 1.29 is 9.59 Å². The van der Waals surface area contributed by atoms with Gasteiger partial charge < -0.3 is 10.2 Å². The first-order valence-electron chi connectivity index (χ1n) is 10.9. The summed E-state index contributed by atoms with van der Waals surface area (Å²) < 4.78 is 0. The summed E-state index contributed by atoms with van der Waals surface area (Å²) in [6, 6.07) is 23.4. The molecule has 1 aliphatic rings. The summed E-state index contributed by atoms with van der Waals surface area (Å²) in [5, 5.41) is 13.5. The van der Waals surface area contributed by atoms with E-state index in [2.05, 4.69) is 16.8 Å². The van der Waals surface area contributed by atoms with Crippen molar-refractivity contribution in [3.05, 3.63) is 83.9 Å². The number of amides is 3. The summed E-state index contributed by atoms with van der Waals surface area (Å²) in [7, 11) is 0. The Balaban J connectivity index is 1.56. The van der Waals surface area contributed by atoms with Gasteiger partial charge in [0.25, 0.3) is 0 Å². The third-order valence-corrected chi connectivity index (χ3v) is 5.51. The highest BCUT2D eigenvalue weighted by Crippen LogP contribution is 2.27. The minimum atomic E-state index is -0.384. The van der Waals surface area contributed by atoms with Crippen molar-refractivity contribution in [2.75, 3.05) is 27.2 Å². The molecule has 3 amide bonds. The van der Waals surface area contributed by atoms with Gasteiger partial charge in [-0.3, -0.25) is 10.2 Å². The number of nitriles is 1. The predicted octanol–water partition coefficient (Wildman–Crippen LogP) is 5.45. The highest BCUT2D eigenvalue weighted by Gasteiger charge is 2.22. The molecule has 1 aliphatic heterocycles. The number of piperidine rings is 1. The maximum Gasteiger partial charge on any atom is 0.345 e. The smallest absolute Gasteiger partial charge is 0.312 e. The van der Waals surface area contributed by atoms with Crippen molar-refractivity contribution in [2.45, 2.75) is 26.2 Å². The molecule has 3 aromatic rings. The van der Waals surface area contributed by atoms with Crippen LogP contribution in [0.15, 0.2) is 72.8 Å². The largest absolute Gasteiger partial charge is 0.345 e. The average Bonchev–Trinajstić information content (AvgIpc) is 2.84. The Morgan fingerprint density at radius 1 is 1.00 bits per heavy atom. The first kappa shape index (κ1) is 21.9. The number of rotatable bonds is 5. The van der Waals surface area contributed by atoms with Crippen LogP contribution in [0.2, 0.25) is 0 Å². The Morgan fingerprint density at radius 3 is 2.55 bits per heavy atom. The van der Waals surface area contributed by atoms with Gasteiger partial charge in [0.15, 0.2) is 0 Å². The number of nitrogens with one attached hydrogen (secondary N) is 2. The van der Waals surface area contributed by atoms with Gasteiger partial charge in [-0.15, -0.1) is 0 Å². The van der Waals surface area contributed by atoms with Gasteiger partial charge >= 0.3 is 6.03 Å². The zero-order valence-electron chi connectivity index (χ0n) is 18.4. The minimum Gasteiger partial charge on any atom is -0.312 e. The molecule has 0 saturated carbocycles. The first-order chi connectivity index (χ1) is 16.0. The van der Waals surface area contributed by atoms with Crippen LogP contribution in [0.3, 0.4) is 0 Å². The van der Waals surface area contributed by atoms with Crippen molar-refractivity contribution >= 4 is 34.7 Å². The Hall–Kier alpha value is -4.31. The molecule has 0 atom stereocenters. The number of urea groups is 1. The molecule has 166 valence electrons. The van der Waals surface area contributed by atoms with E-state index in [1.807, 2.05) is 60.4 Å². The van der Waals surface area contributed by atoms with Crippen LogP contribution in [0.4, 0.5) is 27.5 Å². The second-order valence-electron chi connectivity index (χ2n) is 7.91. The highest BCUT2D eigenvalue weighted by atomic mass is 16.2. The molecular weight excluding hydrogens is 414 g/mol. The summed E-state index contributed by atoms with van der Waals surface area (Å²) in [6.07, 6.45) is 2.50. The second-order valence-corrected chi connectivity index (χ2v) is 7.91. The van der Waals surface area contributed by atoms with Crippen LogP contribution >= 0.6 is 0 Å². The van der Waals surface area contributed by atoms with Gasteiger partial charge in [0.05, 0.1) is 23.0 Å². The molecular formula is C26H25N5O2. The Kier molecular flexibility index (Phi) is 6.56. The lowest BCUT2D eigenvalue weighted by Crippen LogP contribution is -2.39. The monoisotopic (exact) mass is 439 g/mol. The number of hydrogen-bond donors (Lipinski definition) is 2. The van der Waals surface area contributed by atoms with E-state index < -0.39 is 0 Å². The molecule has 4 rings (SSSR count). The molecule has 0 aromatic heterocycles. The fourth-order valence-electron chi connectivity index (χ4n) is 3.87. The van der Waals surface area contributed by atoms with Gasteiger partial charge in [-0.1, -0.05) is 24.3 Å². The first-order valence-corrected chi connectivity index (χ1v) is 10.9. The van der Waals surface area contributed by atoms with Crippen molar-refractivity contribution in [1.29, 1.82) is 5.26 Å². The molecule has 2 N–H and O–H groups in total. The van der Waals surface area contributed by atoms with Crippen molar-refractivity contribution in [2.24, 2.45) is 0 Å². The fourth-order valence-corrected chi connectivity index (χ4v) is 3.87. The second kappa shape index (κ2) is 9.88. The number of hydrazine groups is 1. The van der Waals surface area contributed by atoms with Crippen LogP contribution in [-0.4, -0.2) is 18.5 Å². The number of benzene rings is 3. The topological polar surface area (TPSA) is 88.5 Å². The van der Waals surface area contributed by atoms with E-state index in [0.717, 1.165) is 30.6 Å². The van der Waals surface area contributed by atoms with E-state index in [1.165, 1.54) is 5.01 Å². The Labute approximate surface area is 193 Å². The van der Waals surface area contributed by atoms with E-state index in [-0.39, 0.29) is 11.9 Å². The van der Waals surface area contributed by atoms with E-state index in [0.29, 0.717) is 29.0 Å². The van der Waals surface area contributed by atoms with Gasteiger partial charge in [0.2, 0.25) is 5.91 Å². The summed E-state index contributed by atoms with van der Waals surface area (Å²) in [5.74, 6) is 0.139. The molecule has 0 aliphatic carbocycles. The zero-order chi connectivity index (χ0) is 23.2. The fraction of sp³-hybridized carbons (Fsp3) is 0.192. The van der Waals surface area contributed by atoms with Crippen LogP contribution < -0.4 is 20.7 Å². The van der Waals surface area contributed by atoms with E-state index in [9.17, 15) is 14.9 Å². The number of anilines is 4. The van der Waals surface area contributed by atoms with Gasteiger partial charge in [0.1, 0.15) is 0 Å². The third kappa shape index (κ3) is 5.13. The standard InChI is InChI=1S/C26H25N5O2/c1-19-16-21(13-14-24(19)30-15-6-5-12-25(30)32)28-26(33)31(23-10-3-2-4-11-23)29-22-9-7-8-20(17-22)18-27/h2-4,7-11,13-14,16-17,29H,5-6,12,15H2,1H3,(H,28,33). The lowest BCUT2D eigenvalue weighted by molar-refractivity contribution is -0.119. The molecule has 7 nitrogen and oxygen atoms in total. The van der Waals surface area contributed by atoms with Gasteiger partial charge in [0, 0.05) is 24.3 Å². The lowest BCUT2D eigenvalue weighted by atomic mass is 10.1. The summed E-state index contributed by atoms with van der Waals surface area (Å²) >= 11 is 0. The quantitative estimate of drug-likeness (QED) is 0.518. The van der Waals surface area contributed by atoms with Gasteiger partial charge in [-0.25, -0.2) is 9.80 Å². The van der Waals surface area contributed by atoms with Crippen LogP contribution in [0.5, 0.6) is 0 Å². The van der Waals surface area contributed by atoms with E-state index in [4.69, 9.17) is 0 Å². The normalized spacial score (nSPS) is 13.2. The maximum atomic E-state index is 13.2. The number of nitrogens with zero attached hydrogens (tertiary/aromatic N) is 3. The van der Waals surface area contributed by atoms with Crippen LogP contribution in [0.1, 0.15) is 30.4 Å². The molecule has 1 saturated heterocycles. The molecule has 3 aromatic carbocycles. The van der Waals surface area contributed by atoms with Crippen molar-refractivity contribution in [3.8, 4) is 6.07 Å². The Morgan fingerprint density at radius 2 is 1.82 bits per heavy atom. The van der Waals surface area contributed by atoms with Crippen LogP contribution in [-0.2, 0) is 4.79 Å². The summed E-state index contributed by atoms with van der Waals surface area (Å²) in [6.45, 7) is 2.66. The minimum absolute atomic E-state index is 0.139. The van der Waals surface area contributed by atoms with Gasteiger partial charge in [-0.05, 0) is 73.9 Å². The number of carbonyl (C=O) groups excluding carboxylic acids is 2. The average molecular weight is 440 g/mol. The third-order valence-electron chi connectivity index (χ3n) is 5.51. The number of carbonyl (C=O) groups is 2. The molecule has 0 bridgehead atoms. The number of para-hydroxylation sites is 1. The van der Waals surface area contributed by atoms with Gasteiger partial charge in [-0.2, -0.15) is 5.26 Å². The van der Waals surface area contributed by atoms with E-state index >= 15 is 0 Å². The maximum absolute atomic E-state index is 13.2. The van der Waals surface area contributed by atoms with Crippen molar-refractivity contribution in [3.63, 3.8) is 0 Å². The predicted molar refractivity (Wildman–Crippen MR) is 130 cm³/mol. The molecule has 33 heavy (non-hydrogen) atoms. The van der Waals surface area contributed by atoms with Crippen molar-refractivity contribution in [1.82, 2.24) is 0 Å². The van der Waals surface area contributed by atoms with E-state index in [1.54, 1.807) is 24.3 Å². The van der Waals surface area contributed by atoms with Crippen LogP contribution in [0.25, 0.3) is 0 Å². The molecule has 1 heterocycles. The SMILES string of the molecule is Cc1cc(NC(=O)N(Nc2cccc(C#N)c2)c2ccccc2)ccc1N1CCCCC1=O. The highest BCUT2D eigenvalue weighted by molar-refractivity contribution is 6.03. The molecule has 0 spiro atoms. The molecule has 0 unspecified atom stereocenters. The number of hydrogen-bond acceptors (Lipinski definition) is 4. The summed E-state index contributed by atoms with van der Waals surface area (Å²) in [5.41, 5.74) is 7.26.